The van der Waals surface area contributed by atoms with Gasteiger partial charge in [0, 0.05) is 17.0 Å². The molecule has 0 bridgehead atoms. The Labute approximate surface area is 224 Å². The molecule has 0 aromatic heterocycles. The van der Waals surface area contributed by atoms with Crippen molar-refractivity contribution in [3.05, 3.63) is 94.0 Å². The molecule has 3 aromatic rings. The Bertz CT molecular complexity index is 1300. The number of carbonyl (C=O) groups is 2. The third-order valence-corrected chi connectivity index (χ3v) is 5.60. The van der Waals surface area contributed by atoms with Crippen LogP contribution in [-0.2, 0) is 16.0 Å². The van der Waals surface area contributed by atoms with E-state index in [4.69, 9.17) is 37.9 Å². The summed E-state index contributed by atoms with van der Waals surface area (Å²) in [5, 5.41) is 16.2. The van der Waals surface area contributed by atoms with Gasteiger partial charge in [0.25, 0.3) is 11.8 Å². The van der Waals surface area contributed by atoms with Crippen molar-refractivity contribution in [3.8, 4) is 17.6 Å². The summed E-state index contributed by atoms with van der Waals surface area (Å²) < 4.78 is 11.0. The minimum Gasteiger partial charge on any atom is -0.479 e. The van der Waals surface area contributed by atoms with Crippen LogP contribution in [0, 0.1) is 11.3 Å². The van der Waals surface area contributed by atoms with E-state index >= 15 is 0 Å². The number of hydrazone groups is 1. The van der Waals surface area contributed by atoms with Crippen LogP contribution in [0.1, 0.15) is 18.1 Å². The van der Waals surface area contributed by atoms with Gasteiger partial charge in [-0.1, -0.05) is 65.7 Å². The fourth-order valence-corrected chi connectivity index (χ4v) is 3.69. The predicted octanol–water partition coefficient (Wildman–Crippen LogP) is 4.54. The number of nitrogens with one attached hydrogen (secondary N) is 2. The summed E-state index contributed by atoms with van der Waals surface area (Å²) in [6.45, 7) is 1.43. The van der Waals surface area contributed by atoms with E-state index in [2.05, 4.69) is 15.8 Å². The summed E-state index contributed by atoms with van der Waals surface area (Å²) in [6.07, 6.45) is 0.683. The van der Waals surface area contributed by atoms with Crippen molar-refractivity contribution in [2.75, 3.05) is 6.61 Å². The lowest BCUT2D eigenvalue weighted by atomic mass is 10.1. The van der Waals surface area contributed by atoms with Crippen LogP contribution in [0.25, 0.3) is 0 Å². The van der Waals surface area contributed by atoms with Crippen molar-refractivity contribution in [3.63, 3.8) is 0 Å². The van der Waals surface area contributed by atoms with E-state index in [1.165, 1.54) is 12.3 Å². The van der Waals surface area contributed by atoms with Crippen molar-refractivity contribution in [1.29, 1.82) is 5.26 Å². The Hall–Kier alpha value is -4.06. The number of rotatable bonds is 11. The van der Waals surface area contributed by atoms with E-state index in [0.717, 1.165) is 5.56 Å². The minimum atomic E-state index is -0.947. The van der Waals surface area contributed by atoms with Gasteiger partial charge in [-0.25, -0.2) is 5.43 Å². The van der Waals surface area contributed by atoms with Gasteiger partial charge in [-0.15, -0.1) is 0 Å². The lowest BCUT2D eigenvalue weighted by molar-refractivity contribution is -0.132. The summed E-state index contributed by atoms with van der Waals surface area (Å²) in [7, 11) is 0. The third-order valence-electron chi connectivity index (χ3n) is 5.07. The summed E-state index contributed by atoms with van der Waals surface area (Å²) in [5.74, 6) is -0.301. The van der Waals surface area contributed by atoms with Crippen LogP contribution in [0.2, 0.25) is 10.0 Å². The minimum absolute atomic E-state index is 0.121. The molecule has 3 aromatic carbocycles. The molecule has 37 heavy (non-hydrogen) atoms. The normalized spacial score (nSPS) is 12.3. The highest BCUT2D eigenvalue weighted by Gasteiger charge is 2.25. The van der Waals surface area contributed by atoms with Crippen LogP contribution in [-0.4, -0.2) is 36.8 Å². The standard InChI is InChI=1S/C27H24Cl2N4O4/c1-18(37-25-12-11-21(28)16-22(25)29)26(34)32-23(15-19-7-3-2-4-8-19)27(35)33-31-17-20-9-5-6-10-24(20)36-14-13-30/h2-12,16-18,23H,14-15H2,1H3,(H,32,34)(H,33,35)/b31-17-/t18-,23-/m0/s1. The van der Waals surface area contributed by atoms with Gasteiger partial charge in [-0.2, -0.15) is 10.4 Å². The lowest BCUT2D eigenvalue weighted by Gasteiger charge is -2.21. The zero-order chi connectivity index (χ0) is 26.6. The Morgan fingerprint density at radius 3 is 2.49 bits per heavy atom. The van der Waals surface area contributed by atoms with E-state index in [1.54, 1.807) is 43.3 Å². The van der Waals surface area contributed by atoms with Crippen molar-refractivity contribution < 1.29 is 19.1 Å². The molecule has 0 unspecified atom stereocenters. The number of ether oxygens (including phenoxy) is 2. The molecular weight excluding hydrogens is 515 g/mol. The third kappa shape index (κ3) is 8.53. The van der Waals surface area contributed by atoms with Gasteiger partial charge < -0.3 is 14.8 Å². The highest BCUT2D eigenvalue weighted by molar-refractivity contribution is 6.35. The Kier molecular flexibility index (Phi) is 10.3. The fourth-order valence-electron chi connectivity index (χ4n) is 3.23. The smallest absolute Gasteiger partial charge is 0.262 e. The van der Waals surface area contributed by atoms with Crippen LogP contribution >= 0.6 is 23.2 Å². The number of carbonyl (C=O) groups excluding carboxylic acids is 2. The van der Waals surface area contributed by atoms with Gasteiger partial charge in [0.15, 0.2) is 12.7 Å². The van der Waals surface area contributed by atoms with Crippen LogP contribution in [0.5, 0.6) is 11.5 Å². The SMILES string of the molecule is C[C@H](Oc1ccc(Cl)cc1Cl)C(=O)N[C@@H](Cc1ccccc1)C(=O)N/N=C\c1ccccc1OCC#N. The lowest BCUT2D eigenvalue weighted by Crippen LogP contribution is -2.50. The zero-order valence-electron chi connectivity index (χ0n) is 19.9. The van der Waals surface area contributed by atoms with Gasteiger partial charge >= 0.3 is 0 Å². The first-order chi connectivity index (χ1) is 17.9. The molecule has 0 saturated heterocycles. The Morgan fingerprint density at radius 1 is 1.03 bits per heavy atom. The Balaban J connectivity index is 1.70. The first-order valence-electron chi connectivity index (χ1n) is 11.2. The number of benzene rings is 3. The molecular formula is C27H24Cl2N4O4. The van der Waals surface area contributed by atoms with E-state index in [9.17, 15) is 9.59 Å². The molecule has 0 fully saturated rings. The van der Waals surface area contributed by atoms with Gasteiger partial charge in [0.1, 0.15) is 23.6 Å². The predicted molar refractivity (Wildman–Crippen MR) is 142 cm³/mol. The zero-order valence-corrected chi connectivity index (χ0v) is 21.4. The second kappa shape index (κ2) is 13.9. The largest absolute Gasteiger partial charge is 0.479 e. The number of nitriles is 1. The van der Waals surface area contributed by atoms with Crippen LogP contribution in [0.4, 0.5) is 0 Å². The first kappa shape index (κ1) is 27.5. The highest BCUT2D eigenvalue weighted by atomic mass is 35.5. The quantitative estimate of drug-likeness (QED) is 0.275. The molecule has 2 N–H and O–H groups in total. The average molecular weight is 539 g/mol. The monoisotopic (exact) mass is 538 g/mol. The van der Waals surface area contributed by atoms with Crippen molar-refractivity contribution in [2.24, 2.45) is 5.10 Å². The van der Waals surface area contributed by atoms with E-state index < -0.39 is 24.0 Å². The number of hydrogen-bond donors (Lipinski definition) is 2. The van der Waals surface area contributed by atoms with Gasteiger partial charge in [0.2, 0.25) is 0 Å². The molecule has 0 aliphatic heterocycles. The number of halogens is 2. The second-order valence-corrected chi connectivity index (χ2v) is 8.65. The maximum Gasteiger partial charge on any atom is 0.262 e. The Morgan fingerprint density at radius 2 is 1.76 bits per heavy atom. The highest BCUT2D eigenvalue weighted by Crippen LogP contribution is 2.28. The molecule has 0 heterocycles. The van der Waals surface area contributed by atoms with Gasteiger partial charge in [0.05, 0.1) is 11.2 Å². The second-order valence-electron chi connectivity index (χ2n) is 7.80. The molecule has 0 saturated carbocycles. The fraction of sp³-hybridized carbons (Fsp3) is 0.185. The van der Waals surface area contributed by atoms with Crippen LogP contribution in [0.3, 0.4) is 0 Å². The molecule has 10 heteroatoms. The van der Waals surface area contributed by atoms with Crippen LogP contribution < -0.4 is 20.2 Å². The maximum atomic E-state index is 13.0. The molecule has 0 spiro atoms. The molecule has 0 aliphatic carbocycles. The molecule has 0 radical (unpaired) electrons. The van der Waals surface area contributed by atoms with Crippen LogP contribution in [0.15, 0.2) is 77.9 Å². The maximum absolute atomic E-state index is 13.0. The topological polar surface area (TPSA) is 113 Å². The van der Waals surface area contributed by atoms with Crippen molar-refractivity contribution in [2.45, 2.75) is 25.5 Å². The molecule has 3 rings (SSSR count). The van der Waals surface area contributed by atoms with Crippen molar-refractivity contribution >= 4 is 41.2 Å². The molecule has 2 atom stereocenters. The number of hydrogen-bond acceptors (Lipinski definition) is 6. The van der Waals surface area contributed by atoms with Gasteiger partial charge in [-0.3, -0.25) is 9.59 Å². The van der Waals surface area contributed by atoms with E-state index in [1.807, 2.05) is 36.4 Å². The molecule has 0 aliphatic rings. The number of para-hydroxylation sites is 1. The summed E-state index contributed by atoms with van der Waals surface area (Å²) in [5.41, 5.74) is 3.88. The molecule has 2 amide bonds. The summed E-state index contributed by atoms with van der Waals surface area (Å²) in [6, 6.07) is 21.8. The average Bonchev–Trinajstić information content (AvgIpc) is 2.89. The summed E-state index contributed by atoms with van der Waals surface area (Å²) in [4.78, 5) is 25.9. The van der Waals surface area contributed by atoms with E-state index in [-0.39, 0.29) is 18.1 Å². The number of nitrogens with zero attached hydrogens (tertiary/aromatic N) is 2. The summed E-state index contributed by atoms with van der Waals surface area (Å²) >= 11 is 12.1. The van der Waals surface area contributed by atoms with Gasteiger partial charge in [-0.05, 0) is 42.8 Å². The molecule has 190 valence electrons. The molecule has 8 nitrogen and oxygen atoms in total. The van der Waals surface area contributed by atoms with E-state index in [0.29, 0.717) is 22.1 Å². The first-order valence-corrected chi connectivity index (χ1v) is 12.0. The number of amides is 2. The van der Waals surface area contributed by atoms with Crippen molar-refractivity contribution in [1.82, 2.24) is 10.7 Å².